The van der Waals surface area contributed by atoms with E-state index in [0.717, 1.165) is 48.6 Å². The highest BCUT2D eigenvalue weighted by Crippen LogP contribution is 2.25. The maximum absolute atomic E-state index is 12.1. The zero-order valence-electron chi connectivity index (χ0n) is 15.1. The number of aryl methyl sites for hydroxylation is 2. The van der Waals surface area contributed by atoms with Crippen molar-refractivity contribution in [1.82, 2.24) is 5.32 Å². The number of carbonyl (C=O) groups is 2. The van der Waals surface area contributed by atoms with Crippen LogP contribution in [0.4, 0.5) is 0 Å². The highest BCUT2D eigenvalue weighted by Gasteiger charge is 2.11. The molecule has 5 heteroatoms. The summed E-state index contributed by atoms with van der Waals surface area (Å²) >= 11 is 0. The highest BCUT2D eigenvalue weighted by atomic mass is 16.4. The number of amides is 1. The number of nitrogens with one attached hydrogen (secondary N) is 1. The number of fused-ring (bicyclic) bond motifs is 1. The Bertz CT molecular complexity index is 733. The quantitative estimate of drug-likeness (QED) is 0.634. The first kappa shape index (κ1) is 19.0. The second-order valence-corrected chi connectivity index (χ2v) is 6.63. The number of hydrogen-bond acceptors (Lipinski definition) is 3. The molecule has 2 rings (SSSR count). The molecular formula is C20H27NO4. The van der Waals surface area contributed by atoms with Gasteiger partial charge in [-0.05, 0) is 49.9 Å². The Balaban J connectivity index is 1.69. The Hall–Kier alpha value is -2.30. The minimum Gasteiger partial charge on any atom is -0.481 e. The normalized spacial score (nSPS) is 11.0. The van der Waals surface area contributed by atoms with Gasteiger partial charge in [0.25, 0.3) is 0 Å². The fraction of sp³-hybridized carbons (Fsp3) is 0.500. The van der Waals surface area contributed by atoms with Crippen LogP contribution in [0.1, 0.15) is 55.2 Å². The van der Waals surface area contributed by atoms with E-state index in [4.69, 9.17) is 9.52 Å². The lowest BCUT2D eigenvalue weighted by Gasteiger charge is -2.05. The van der Waals surface area contributed by atoms with Gasteiger partial charge >= 0.3 is 5.97 Å². The summed E-state index contributed by atoms with van der Waals surface area (Å²) in [5.41, 5.74) is 4.12. The van der Waals surface area contributed by atoms with Crippen LogP contribution in [0.25, 0.3) is 11.0 Å². The molecule has 0 aliphatic heterocycles. The summed E-state index contributed by atoms with van der Waals surface area (Å²) in [5.74, 6) is -0.726. The molecule has 0 fully saturated rings. The molecule has 1 aromatic carbocycles. The summed E-state index contributed by atoms with van der Waals surface area (Å²) in [6, 6.07) is 4.09. The van der Waals surface area contributed by atoms with Crippen LogP contribution in [0.3, 0.4) is 0 Å². The third-order valence-electron chi connectivity index (χ3n) is 4.51. The molecular weight excluding hydrogens is 318 g/mol. The van der Waals surface area contributed by atoms with Crippen LogP contribution < -0.4 is 5.32 Å². The van der Waals surface area contributed by atoms with Crippen molar-refractivity contribution in [3.8, 4) is 0 Å². The zero-order chi connectivity index (χ0) is 18.2. The Labute approximate surface area is 148 Å². The monoisotopic (exact) mass is 345 g/mol. The lowest BCUT2D eigenvalue weighted by atomic mass is 10.0. The molecule has 0 atom stereocenters. The van der Waals surface area contributed by atoms with Crippen molar-refractivity contribution in [3.63, 3.8) is 0 Å². The predicted molar refractivity (Wildman–Crippen MR) is 97.7 cm³/mol. The number of hydrogen-bond donors (Lipinski definition) is 2. The Morgan fingerprint density at radius 1 is 1.04 bits per heavy atom. The van der Waals surface area contributed by atoms with Crippen LogP contribution in [0.15, 0.2) is 22.8 Å². The van der Waals surface area contributed by atoms with Crippen molar-refractivity contribution in [2.24, 2.45) is 0 Å². The molecule has 0 bridgehead atoms. The number of carboxylic acids is 1. The second kappa shape index (κ2) is 9.25. The molecule has 1 aromatic heterocycles. The van der Waals surface area contributed by atoms with E-state index in [2.05, 4.69) is 18.3 Å². The number of aliphatic carboxylic acids is 1. The molecule has 0 aliphatic carbocycles. The average Bonchev–Trinajstić information content (AvgIpc) is 2.92. The molecule has 0 aliphatic rings. The van der Waals surface area contributed by atoms with Gasteiger partial charge in [0, 0.05) is 23.9 Å². The van der Waals surface area contributed by atoms with E-state index in [0.29, 0.717) is 13.0 Å². The van der Waals surface area contributed by atoms with Crippen molar-refractivity contribution < 1.29 is 19.1 Å². The summed E-state index contributed by atoms with van der Waals surface area (Å²) in [6.07, 6.45) is 6.84. The van der Waals surface area contributed by atoms with Gasteiger partial charge in [-0.15, -0.1) is 0 Å². The molecule has 2 N–H and O–H groups in total. The molecule has 1 amide bonds. The number of carbonyl (C=O) groups excluding carboxylic acids is 1. The Morgan fingerprint density at radius 3 is 2.48 bits per heavy atom. The Kier molecular flexibility index (Phi) is 7.04. The van der Waals surface area contributed by atoms with Crippen LogP contribution in [0.2, 0.25) is 0 Å². The SMILES string of the molecule is Cc1cc2occ(CC(=O)NCCCCCCCC(=O)O)c2cc1C. The summed E-state index contributed by atoms with van der Waals surface area (Å²) in [6.45, 7) is 4.76. The van der Waals surface area contributed by atoms with Crippen molar-refractivity contribution in [2.45, 2.75) is 58.8 Å². The molecule has 2 aromatic rings. The molecule has 1 heterocycles. The first-order chi connectivity index (χ1) is 12.0. The minimum atomic E-state index is -0.732. The van der Waals surface area contributed by atoms with Gasteiger partial charge in [-0.1, -0.05) is 19.3 Å². The Morgan fingerprint density at radius 2 is 1.72 bits per heavy atom. The fourth-order valence-electron chi connectivity index (χ4n) is 2.87. The van der Waals surface area contributed by atoms with E-state index >= 15 is 0 Å². The van der Waals surface area contributed by atoms with Crippen LogP contribution in [0.5, 0.6) is 0 Å². The van der Waals surface area contributed by atoms with Crippen molar-refractivity contribution in [3.05, 3.63) is 35.1 Å². The van der Waals surface area contributed by atoms with E-state index in [1.165, 1.54) is 11.1 Å². The van der Waals surface area contributed by atoms with Gasteiger partial charge in [0.1, 0.15) is 5.58 Å². The highest BCUT2D eigenvalue weighted by molar-refractivity contribution is 5.88. The van der Waals surface area contributed by atoms with E-state index in [1.807, 2.05) is 13.0 Å². The second-order valence-electron chi connectivity index (χ2n) is 6.63. The van der Waals surface area contributed by atoms with Crippen LogP contribution >= 0.6 is 0 Å². The minimum absolute atomic E-state index is 0.00630. The van der Waals surface area contributed by atoms with Gasteiger partial charge < -0.3 is 14.8 Å². The van der Waals surface area contributed by atoms with Crippen LogP contribution in [0, 0.1) is 13.8 Å². The van der Waals surface area contributed by atoms with Gasteiger partial charge in [0.05, 0.1) is 12.7 Å². The van der Waals surface area contributed by atoms with E-state index < -0.39 is 5.97 Å². The smallest absolute Gasteiger partial charge is 0.303 e. The van der Waals surface area contributed by atoms with E-state index in [1.54, 1.807) is 6.26 Å². The summed E-state index contributed by atoms with van der Waals surface area (Å²) in [5, 5.41) is 12.5. The van der Waals surface area contributed by atoms with Crippen molar-refractivity contribution >= 4 is 22.8 Å². The van der Waals surface area contributed by atoms with Gasteiger partial charge in [-0.3, -0.25) is 9.59 Å². The largest absolute Gasteiger partial charge is 0.481 e. The number of benzene rings is 1. The molecule has 25 heavy (non-hydrogen) atoms. The average molecular weight is 345 g/mol. The molecule has 0 radical (unpaired) electrons. The molecule has 0 saturated heterocycles. The predicted octanol–water partition coefficient (Wildman–Crippen LogP) is 4.13. The van der Waals surface area contributed by atoms with Crippen LogP contribution in [-0.4, -0.2) is 23.5 Å². The molecule has 0 saturated carbocycles. The lowest BCUT2D eigenvalue weighted by Crippen LogP contribution is -2.25. The van der Waals surface area contributed by atoms with Crippen molar-refractivity contribution in [2.75, 3.05) is 6.54 Å². The van der Waals surface area contributed by atoms with E-state index in [-0.39, 0.29) is 12.3 Å². The number of rotatable bonds is 10. The van der Waals surface area contributed by atoms with Crippen molar-refractivity contribution in [1.29, 1.82) is 0 Å². The third-order valence-corrected chi connectivity index (χ3v) is 4.51. The number of carboxylic acid groups (broad SMARTS) is 1. The van der Waals surface area contributed by atoms with Gasteiger partial charge in [0.2, 0.25) is 5.91 Å². The van der Waals surface area contributed by atoms with Gasteiger partial charge in [-0.25, -0.2) is 0 Å². The molecule has 0 spiro atoms. The summed E-state index contributed by atoms with van der Waals surface area (Å²) in [7, 11) is 0. The summed E-state index contributed by atoms with van der Waals surface area (Å²) < 4.78 is 5.56. The maximum atomic E-state index is 12.1. The summed E-state index contributed by atoms with van der Waals surface area (Å²) in [4.78, 5) is 22.5. The first-order valence-electron chi connectivity index (χ1n) is 8.93. The molecule has 5 nitrogen and oxygen atoms in total. The molecule has 0 unspecified atom stereocenters. The topological polar surface area (TPSA) is 79.5 Å². The zero-order valence-corrected chi connectivity index (χ0v) is 15.1. The standard InChI is InChI=1S/C20H27NO4/c1-14-10-17-16(13-25-18(17)11-15(14)2)12-19(22)21-9-7-5-3-4-6-8-20(23)24/h10-11,13H,3-9,12H2,1-2H3,(H,21,22)(H,23,24). The first-order valence-corrected chi connectivity index (χ1v) is 8.93. The number of furan rings is 1. The van der Waals surface area contributed by atoms with Gasteiger partial charge in [0.15, 0.2) is 0 Å². The fourth-order valence-corrected chi connectivity index (χ4v) is 2.87. The maximum Gasteiger partial charge on any atom is 0.303 e. The third kappa shape index (κ3) is 5.93. The lowest BCUT2D eigenvalue weighted by molar-refractivity contribution is -0.137. The van der Waals surface area contributed by atoms with E-state index in [9.17, 15) is 9.59 Å². The molecule has 136 valence electrons. The number of unbranched alkanes of at least 4 members (excludes halogenated alkanes) is 4. The van der Waals surface area contributed by atoms with Gasteiger partial charge in [-0.2, -0.15) is 0 Å². The van der Waals surface area contributed by atoms with Crippen LogP contribution in [-0.2, 0) is 16.0 Å².